The van der Waals surface area contributed by atoms with Gasteiger partial charge in [0.25, 0.3) is 0 Å². The van der Waals surface area contributed by atoms with E-state index in [0.717, 1.165) is 36.3 Å². The number of rotatable bonds is 4. The van der Waals surface area contributed by atoms with Gasteiger partial charge in [-0.15, -0.1) is 0 Å². The van der Waals surface area contributed by atoms with Gasteiger partial charge in [-0.3, -0.25) is 4.79 Å². The second-order valence-corrected chi connectivity index (χ2v) is 5.96. The quantitative estimate of drug-likeness (QED) is 0.927. The fourth-order valence-electron chi connectivity index (χ4n) is 2.80. The van der Waals surface area contributed by atoms with Gasteiger partial charge in [-0.25, -0.2) is 0 Å². The van der Waals surface area contributed by atoms with Crippen molar-refractivity contribution < 1.29 is 4.79 Å². The molecule has 0 aromatic heterocycles. The number of halogens is 1. The third-order valence-electron chi connectivity index (χ3n) is 4.13. The van der Waals surface area contributed by atoms with Crippen molar-refractivity contribution in [1.82, 2.24) is 4.90 Å². The third kappa shape index (κ3) is 3.74. The van der Waals surface area contributed by atoms with Gasteiger partial charge in [-0.1, -0.05) is 29.8 Å². The Hall–Kier alpha value is -1.06. The summed E-state index contributed by atoms with van der Waals surface area (Å²) in [6.45, 7) is 3.33. The Morgan fingerprint density at radius 1 is 1.30 bits per heavy atom. The van der Waals surface area contributed by atoms with Crippen LogP contribution in [0.25, 0.3) is 0 Å². The number of amides is 1. The molecule has 0 heterocycles. The van der Waals surface area contributed by atoms with E-state index in [4.69, 9.17) is 17.3 Å². The van der Waals surface area contributed by atoms with Crippen molar-refractivity contribution in [3.8, 4) is 0 Å². The smallest absolute Gasteiger partial charge is 0.225 e. The van der Waals surface area contributed by atoms with E-state index in [1.807, 2.05) is 36.1 Å². The number of hydrogen-bond acceptors (Lipinski definition) is 2. The van der Waals surface area contributed by atoms with Crippen LogP contribution in [0, 0.1) is 5.92 Å². The number of nitrogens with two attached hydrogens (primary N) is 1. The molecule has 1 aliphatic carbocycles. The van der Waals surface area contributed by atoms with Gasteiger partial charge in [0.1, 0.15) is 0 Å². The van der Waals surface area contributed by atoms with Crippen LogP contribution in [-0.2, 0) is 11.3 Å². The van der Waals surface area contributed by atoms with Crippen LogP contribution in [0.2, 0.25) is 5.02 Å². The van der Waals surface area contributed by atoms with E-state index in [2.05, 4.69) is 0 Å². The zero-order valence-corrected chi connectivity index (χ0v) is 12.8. The molecule has 1 aliphatic rings. The van der Waals surface area contributed by atoms with E-state index in [0.29, 0.717) is 13.1 Å². The van der Waals surface area contributed by atoms with Crippen molar-refractivity contribution in [2.45, 2.75) is 45.2 Å². The fourth-order valence-corrected chi connectivity index (χ4v) is 3.00. The Labute approximate surface area is 126 Å². The number of carbonyl (C=O) groups excluding carboxylic acids is 1. The summed E-state index contributed by atoms with van der Waals surface area (Å²) < 4.78 is 0. The lowest BCUT2D eigenvalue weighted by Crippen LogP contribution is -2.39. The molecule has 20 heavy (non-hydrogen) atoms. The molecule has 0 unspecified atom stereocenters. The molecule has 3 nitrogen and oxygen atoms in total. The zero-order valence-electron chi connectivity index (χ0n) is 12.0. The molecule has 2 N–H and O–H groups in total. The Balaban J connectivity index is 2.01. The van der Waals surface area contributed by atoms with E-state index in [1.54, 1.807) is 0 Å². The van der Waals surface area contributed by atoms with E-state index in [1.165, 1.54) is 0 Å². The predicted molar refractivity (Wildman–Crippen MR) is 82.5 cm³/mol. The van der Waals surface area contributed by atoms with Crippen molar-refractivity contribution in [3.05, 3.63) is 34.9 Å². The molecule has 1 fully saturated rings. The second kappa shape index (κ2) is 7.09. The van der Waals surface area contributed by atoms with Gasteiger partial charge < -0.3 is 10.6 Å². The summed E-state index contributed by atoms with van der Waals surface area (Å²) in [4.78, 5) is 14.5. The molecule has 0 saturated heterocycles. The summed E-state index contributed by atoms with van der Waals surface area (Å²) in [6.07, 6.45) is 3.75. The molecule has 1 aromatic rings. The molecule has 2 rings (SSSR count). The largest absolute Gasteiger partial charge is 0.338 e. The highest BCUT2D eigenvalue weighted by Gasteiger charge is 2.27. The number of carbonyl (C=O) groups is 1. The third-order valence-corrected chi connectivity index (χ3v) is 4.50. The summed E-state index contributed by atoms with van der Waals surface area (Å²) >= 11 is 6.18. The molecule has 0 atom stereocenters. The normalized spacial score (nSPS) is 22.6. The first-order chi connectivity index (χ1) is 9.61. The predicted octanol–water partition coefficient (Wildman–Crippen LogP) is 3.21. The van der Waals surface area contributed by atoms with E-state index in [9.17, 15) is 4.79 Å². The van der Waals surface area contributed by atoms with Crippen LogP contribution in [0.4, 0.5) is 0 Å². The van der Waals surface area contributed by atoms with Crippen LogP contribution in [-0.4, -0.2) is 23.4 Å². The Morgan fingerprint density at radius 3 is 2.55 bits per heavy atom. The average Bonchev–Trinajstić information content (AvgIpc) is 2.46. The SMILES string of the molecule is CCN(Cc1ccccc1Cl)C(=O)C1CCC(N)CC1. The zero-order chi connectivity index (χ0) is 14.5. The van der Waals surface area contributed by atoms with Gasteiger partial charge in [0, 0.05) is 30.1 Å². The minimum atomic E-state index is 0.136. The minimum Gasteiger partial charge on any atom is -0.338 e. The van der Waals surface area contributed by atoms with Gasteiger partial charge in [-0.05, 0) is 44.2 Å². The molecule has 1 saturated carbocycles. The molecule has 1 aromatic carbocycles. The number of nitrogens with zero attached hydrogens (tertiary/aromatic N) is 1. The van der Waals surface area contributed by atoms with Crippen molar-refractivity contribution in [2.75, 3.05) is 6.54 Å². The summed E-state index contributed by atoms with van der Waals surface area (Å²) in [5.41, 5.74) is 6.92. The highest BCUT2D eigenvalue weighted by Crippen LogP contribution is 2.26. The Morgan fingerprint density at radius 2 is 1.95 bits per heavy atom. The summed E-state index contributed by atoms with van der Waals surface area (Å²) in [5.74, 6) is 0.386. The standard InChI is InChI=1S/C16H23ClN2O/c1-2-19(11-13-5-3-4-6-15(13)17)16(20)12-7-9-14(18)10-8-12/h3-6,12,14H,2,7-11,18H2,1H3. The van der Waals surface area contributed by atoms with E-state index >= 15 is 0 Å². The molecule has 110 valence electrons. The molecular weight excluding hydrogens is 272 g/mol. The highest BCUT2D eigenvalue weighted by molar-refractivity contribution is 6.31. The van der Waals surface area contributed by atoms with E-state index < -0.39 is 0 Å². The van der Waals surface area contributed by atoms with Crippen molar-refractivity contribution in [1.29, 1.82) is 0 Å². The van der Waals surface area contributed by atoms with Gasteiger partial charge in [0.15, 0.2) is 0 Å². The summed E-state index contributed by atoms with van der Waals surface area (Å²) in [5, 5.41) is 0.726. The van der Waals surface area contributed by atoms with Crippen LogP contribution in [0.5, 0.6) is 0 Å². The second-order valence-electron chi connectivity index (χ2n) is 5.56. The van der Waals surface area contributed by atoms with Crippen LogP contribution in [0.15, 0.2) is 24.3 Å². The maximum Gasteiger partial charge on any atom is 0.225 e. The monoisotopic (exact) mass is 294 g/mol. The van der Waals surface area contributed by atoms with Crippen LogP contribution < -0.4 is 5.73 Å². The first-order valence-corrected chi connectivity index (χ1v) is 7.77. The van der Waals surface area contributed by atoms with Crippen LogP contribution in [0.1, 0.15) is 38.2 Å². The van der Waals surface area contributed by atoms with Gasteiger partial charge in [0.05, 0.1) is 0 Å². The maximum atomic E-state index is 12.6. The lowest BCUT2D eigenvalue weighted by Gasteiger charge is -2.30. The lowest BCUT2D eigenvalue weighted by molar-refractivity contribution is -0.137. The van der Waals surface area contributed by atoms with Crippen LogP contribution >= 0.6 is 11.6 Å². The molecular formula is C16H23ClN2O. The summed E-state index contributed by atoms with van der Waals surface area (Å²) in [6, 6.07) is 7.99. The first kappa shape index (κ1) is 15.3. The Bertz CT molecular complexity index is 456. The van der Waals surface area contributed by atoms with Gasteiger partial charge in [-0.2, -0.15) is 0 Å². The number of hydrogen-bond donors (Lipinski definition) is 1. The van der Waals surface area contributed by atoms with E-state index in [-0.39, 0.29) is 17.9 Å². The molecule has 0 aliphatic heterocycles. The van der Waals surface area contributed by atoms with Crippen molar-refractivity contribution in [2.24, 2.45) is 11.7 Å². The minimum absolute atomic E-state index is 0.136. The lowest BCUT2D eigenvalue weighted by atomic mass is 9.85. The molecule has 1 amide bonds. The van der Waals surface area contributed by atoms with Crippen molar-refractivity contribution in [3.63, 3.8) is 0 Å². The Kier molecular flexibility index (Phi) is 5.44. The van der Waals surface area contributed by atoms with Gasteiger partial charge in [0.2, 0.25) is 5.91 Å². The molecule has 0 radical (unpaired) electrons. The summed E-state index contributed by atoms with van der Waals surface area (Å²) in [7, 11) is 0. The van der Waals surface area contributed by atoms with Crippen molar-refractivity contribution >= 4 is 17.5 Å². The number of benzene rings is 1. The topological polar surface area (TPSA) is 46.3 Å². The van der Waals surface area contributed by atoms with Gasteiger partial charge >= 0.3 is 0 Å². The first-order valence-electron chi connectivity index (χ1n) is 7.39. The molecule has 4 heteroatoms. The average molecular weight is 295 g/mol. The fraction of sp³-hybridized carbons (Fsp3) is 0.562. The maximum absolute atomic E-state index is 12.6. The van der Waals surface area contributed by atoms with Crippen LogP contribution in [0.3, 0.4) is 0 Å². The highest BCUT2D eigenvalue weighted by atomic mass is 35.5. The molecule has 0 spiro atoms. The molecule has 0 bridgehead atoms.